The number of nitrogens with zero attached hydrogens (tertiary/aromatic N) is 2. The lowest BCUT2D eigenvalue weighted by Gasteiger charge is -2.33. The Morgan fingerprint density at radius 1 is 0.900 bits per heavy atom. The van der Waals surface area contributed by atoms with Gasteiger partial charge in [-0.3, -0.25) is 13.9 Å². The summed E-state index contributed by atoms with van der Waals surface area (Å²) in [5.74, 6) is -0.431. The van der Waals surface area contributed by atoms with Crippen molar-refractivity contribution in [3.8, 4) is 5.75 Å². The van der Waals surface area contributed by atoms with Crippen LogP contribution in [0.3, 0.4) is 0 Å². The van der Waals surface area contributed by atoms with E-state index in [0.29, 0.717) is 5.75 Å². The van der Waals surface area contributed by atoms with E-state index in [4.69, 9.17) is 4.74 Å². The van der Waals surface area contributed by atoms with Crippen molar-refractivity contribution in [1.82, 2.24) is 10.2 Å². The number of carbonyl (C=O) groups is 2. The van der Waals surface area contributed by atoms with Crippen molar-refractivity contribution in [3.63, 3.8) is 0 Å². The van der Waals surface area contributed by atoms with E-state index in [2.05, 4.69) is 5.32 Å². The number of anilines is 1. The summed E-state index contributed by atoms with van der Waals surface area (Å²) in [6, 6.07) is 23.3. The van der Waals surface area contributed by atoms with Crippen molar-refractivity contribution >= 4 is 27.5 Å². The molecule has 4 rings (SSSR count). The van der Waals surface area contributed by atoms with Crippen molar-refractivity contribution < 1.29 is 22.7 Å². The molecule has 0 heterocycles. The minimum atomic E-state index is -4.15. The highest BCUT2D eigenvalue weighted by molar-refractivity contribution is 7.92. The van der Waals surface area contributed by atoms with Crippen LogP contribution in [0, 0.1) is 0 Å². The number of nitrogens with one attached hydrogen (secondary N) is 1. The largest absolute Gasteiger partial charge is 0.495 e. The van der Waals surface area contributed by atoms with Crippen LogP contribution in [-0.4, -0.2) is 50.9 Å². The van der Waals surface area contributed by atoms with Crippen molar-refractivity contribution in [2.45, 2.75) is 62.6 Å². The molecule has 40 heavy (non-hydrogen) atoms. The molecule has 212 valence electrons. The van der Waals surface area contributed by atoms with E-state index in [1.807, 2.05) is 30.3 Å². The summed E-state index contributed by atoms with van der Waals surface area (Å²) < 4.78 is 34.3. The summed E-state index contributed by atoms with van der Waals surface area (Å²) in [5, 5.41) is 3.11. The van der Waals surface area contributed by atoms with E-state index in [1.54, 1.807) is 49.4 Å². The molecule has 0 saturated heterocycles. The zero-order valence-corrected chi connectivity index (χ0v) is 23.8. The first-order chi connectivity index (χ1) is 19.3. The van der Waals surface area contributed by atoms with E-state index in [9.17, 15) is 18.0 Å². The molecular formula is C31H37N3O5S. The molecule has 2 amide bonds. The third kappa shape index (κ3) is 7.01. The Hall–Kier alpha value is -3.85. The number of hydrogen-bond donors (Lipinski definition) is 1. The summed E-state index contributed by atoms with van der Waals surface area (Å²) in [6.45, 7) is 1.34. The molecule has 0 aliphatic heterocycles. The Bertz CT molecular complexity index is 1380. The van der Waals surface area contributed by atoms with Crippen molar-refractivity contribution in [3.05, 3.63) is 90.5 Å². The predicted octanol–water partition coefficient (Wildman–Crippen LogP) is 4.76. The first-order valence-corrected chi connectivity index (χ1v) is 15.1. The molecule has 1 atom stereocenters. The molecule has 0 radical (unpaired) electrons. The molecule has 1 aliphatic rings. The minimum absolute atomic E-state index is 0.0476. The highest BCUT2D eigenvalue weighted by Crippen LogP contribution is 2.32. The topological polar surface area (TPSA) is 96.0 Å². The number of ether oxygens (including phenoxy) is 1. The number of rotatable bonds is 11. The van der Waals surface area contributed by atoms with Crippen LogP contribution >= 0.6 is 0 Å². The van der Waals surface area contributed by atoms with Gasteiger partial charge in [-0.1, -0.05) is 79.9 Å². The molecule has 9 heteroatoms. The Balaban J connectivity index is 1.68. The average Bonchev–Trinajstić information content (AvgIpc) is 2.99. The first kappa shape index (κ1) is 29.1. The Morgan fingerprint density at radius 2 is 1.50 bits per heavy atom. The predicted molar refractivity (Wildman–Crippen MR) is 155 cm³/mol. The lowest BCUT2D eigenvalue weighted by molar-refractivity contribution is -0.139. The van der Waals surface area contributed by atoms with Gasteiger partial charge in [0.15, 0.2) is 0 Å². The minimum Gasteiger partial charge on any atom is -0.495 e. The van der Waals surface area contributed by atoms with Crippen LogP contribution in [0.2, 0.25) is 0 Å². The third-order valence-corrected chi connectivity index (χ3v) is 9.05. The van der Waals surface area contributed by atoms with Crippen molar-refractivity contribution in [1.29, 1.82) is 0 Å². The SMILES string of the molecule is COc1ccccc1N(CC(=O)N(Cc1ccccc1)[C@@H](C)C(=O)NC1CCCCC1)S(=O)(=O)c1ccccc1. The fourth-order valence-corrected chi connectivity index (χ4v) is 6.45. The Morgan fingerprint density at radius 3 is 2.15 bits per heavy atom. The van der Waals surface area contributed by atoms with Gasteiger partial charge in [0.1, 0.15) is 18.3 Å². The molecule has 1 aliphatic carbocycles. The number of sulfonamides is 1. The van der Waals surface area contributed by atoms with Crippen LogP contribution in [-0.2, 0) is 26.2 Å². The summed E-state index contributed by atoms with van der Waals surface area (Å²) in [4.78, 5) is 28.9. The number of amides is 2. The van der Waals surface area contributed by atoms with Gasteiger partial charge in [-0.15, -0.1) is 0 Å². The van der Waals surface area contributed by atoms with Gasteiger partial charge in [-0.25, -0.2) is 8.42 Å². The second-order valence-corrected chi connectivity index (χ2v) is 11.9. The molecule has 8 nitrogen and oxygen atoms in total. The molecule has 0 bridgehead atoms. The van der Waals surface area contributed by atoms with Gasteiger partial charge in [0.05, 0.1) is 17.7 Å². The van der Waals surface area contributed by atoms with Crippen LogP contribution < -0.4 is 14.4 Å². The van der Waals surface area contributed by atoms with Gasteiger partial charge in [-0.2, -0.15) is 0 Å². The van der Waals surface area contributed by atoms with Gasteiger partial charge in [0, 0.05) is 12.6 Å². The quantitative estimate of drug-likeness (QED) is 0.363. The van der Waals surface area contributed by atoms with E-state index in [1.165, 1.54) is 24.1 Å². The highest BCUT2D eigenvalue weighted by Gasteiger charge is 2.34. The molecule has 0 aromatic heterocycles. The van der Waals surface area contributed by atoms with Crippen molar-refractivity contribution in [2.24, 2.45) is 0 Å². The number of para-hydroxylation sites is 2. The van der Waals surface area contributed by atoms with Gasteiger partial charge in [0.2, 0.25) is 11.8 Å². The monoisotopic (exact) mass is 563 g/mol. The summed E-state index contributed by atoms with van der Waals surface area (Å²) >= 11 is 0. The van der Waals surface area contributed by atoms with Gasteiger partial charge >= 0.3 is 0 Å². The lowest BCUT2D eigenvalue weighted by atomic mass is 9.95. The van der Waals surface area contributed by atoms with Crippen LogP contribution in [0.1, 0.15) is 44.6 Å². The molecule has 0 spiro atoms. The molecule has 3 aromatic rings. The molecule has 1 N–H and O–H groups in total. The maximum Gasteiger partial charge on any atom is 0.264 e. The van der Waals surface area contributed by atoms with Gasteiger partial charge in [-0.05, 0) is 49.6 Å². The number of benzene rings is 3. The second kappa shape index (κ2) is 13.5. The zero-order valence-electron chi connectivity index (χ0n) is 23.0. The van der Waals surface area contributed by atoms with E-state index >= 15 is 0 Å². The zero-order chi connectivity index (χ0) is 28.5. The molecular weight excluding hydrogens is 526 g/mol. The molecule has 1 fully saturated rings. The molecule has 3 aromatic carbocycles. The van der Waals surface area contributed by atoms with Gasteiger partial charge in [0.25, 0.3) is 10.0 Å². The fourth-order valence-electron chi connectivity index (χ4n) is 5.00. The van der Waals surface area contributed by atoms with E-state index < -0.39 is 28.5 Å². The Kier molecular flexibility index (Phi) is 9.82. The first-order valence-electron chi connectivity index (χ1n) is 13.7. The van der Waals surface area contributed by atoms with E-state index in [-0.39, 0.29) is 29.1 Å². The molecule has 0 unspecified atom stereocenters. The highest BCUT2D eigenvalue weighted by atomic mass is 32.2. The third-order valence-electron chi connectivity index (χ3n) is 7.28. The summed E-state index contributed by atoms with van der Waals surface area (Å²) in [7, 11) is -2.70. The number of hydrogen-bond acceptors (Lipinski definition) is 5. The number of carbonyl (C=O) groups excluding carboxylic acids is 2. The average molecular weight is 564 g/mol. The smallest absolute Gasteiger partial charge is 0.264 e. The normalized spacial score (nSPS) is 14.7. The Labute approximate surface area is 237 Å². The number of methoxy groups -OCH3 is 1. The summed E-state index contributed by atoms with van der Waals surface area (Å²) in [6.07, 6.45) is 5.13. The van der Waals surface area contributed by atoms with Crippen LogP contribution in [0.25, 0.3) is 0 Å². The summed E-state index contributed by atoms with van der Waals surface area (Å²) in [5.41, 5.74) is 1.07. The fraction of sp³-hybridized carbons (Fsp3) is 0.355. The maximum absolute atomic E-state index is 14.0. The van der Waals surface area contributed by atoms with Crippen LogP contribution in [0.4, 0.5) is 5.69 Å². The lowest BCUT2D eigenvalue weighted by Crippen LogP contribution is -2.53. The maximum atomic E-state index is 14.0. The van der Waals surface area contributed by atoms with Crippen LogP contribution in [0.5, 0.6) is 5.75 Å². The van der Waals surface area contributed by atoms with E-state index in [0.717, 1.165) is 42.0 Å². The van der Waals surface area contributed by atoms with Crippen LogP contribution in [0.15, 0.2) is 89.8 Å². The van der Waals surface area contributed by atoms with Gasteiger partial charge < -0.3 is 15.0 Å². The van der Waals surface area contributed by atoms with Crippen molar-refractivity contribution in [2.75, 3.05) is 18.0 Å². The second-order valence-electron chi connectivity index (χ2n) is 10.0. The standard InChI is InChI=1S/C31H37N3O5S/c1-24(31(36)32-26-16-8-4-9-17-26)33(22-25-14-6-3-7-15-25)30(35)23-34(28-20-12-13-21-29(28)39-2)40(37,38)27-18-10-5-11-19-27/h3,5-7,10-15,18-21,24,26H,4,8-9,16-17,22-23H2,1-2H3,(H,32,36)/t24-/m0/s1. The molecule has 1 saturated carbocycles.